The van der Waals surface area contributed by atoms with Gasteiger partial charge in [0.25, 0.3) is 0 Å². The third-order valence-electron chi connectivity index (χ3n) is 3.17. The van der Waals surface area contributed by atoms with Crippen LogP contribution in [0.25, 0.3) is 5.57 Å². The molecule has 100 valence electrons. The van der Waals surface area contributed by atoms with E-state index in [0.717, 1.165) is 22.3 Å². The summed E-state index contributed by atoms with van der Waals surface area (Å²) < 4.78 is 0. The Morgan fingerprint density at radius 3 is 1.90 bits per heavy atom. The molecule has 1 nitrogen and oxygen atoms in total. The number of benzene rings is 2. The minimum atomic E-state index is 0.0604. The third-order valence-corrected chi connectivity index (χ3v) is 3.17. The Balaban J connectivity index is 2.27. The molecule has 0 N–H and O–H groups in total. The minimum Gasteiger partial charge on any atom is -0.289 e. The molecule has 0 aliphatic rings. The molecule has 1 heteroatoms. The topological polar surface area (TPSA) is 17.1 Å². The molecule has 2 rings (SSSR count). The van der Waals surface area contributed by atoms with Crippen molar-refractivity contribution in [2.75, 3.05) is 0 Å². The van der Waals surface area contributed by atoms with Gasteiger partial charge in [-0.2, -0.15) is 0 Å². The summed E-state index contributed by atoms with van der Waals surface area (Å²) in [5.74, 6) is 0.0604. The van der Waals surface area contributed by atoms with Gasteiger partial charge in [0.15, 0.2) is 5.78 Å². The SMILES string of the molecule is C/C=C\C(=C/C)c1ccc(C(=O)c2ccccc2)cc1. The van der Waals surface area contributed by atoms with Gasteiger partial charge in [0.1, 0.15) is 0 Å². The predicted octanol–water partition coefficient (Wildman–Crippen LogP) is 4.90. The van der Waals surface area contributed by atoms with Crippen molar-refractivity contribution in [3.8, 4) is 0 Å². The monoisotopic (exact) mass is 262 g/mol. The third kappa shape index (κ3) is 3.12. The maximum atomic E-state index is 12.3. The van der Waals surface area contributed by atoms with E-state index in [9.17, 15) is 4.79 Å². The van der Waals surface area contributed by atoms with Crippen LogP contribution in [-0.2, 0) is 0 Å². The molecule has 0 aromatic heterocycles. The number of ketones is 1. The molecule has 0 saturated carbocycles. The summed E-state index contributed by atoms with van der Waals surface area (Å²) in [7, 11) is 0. The Hall–Kier alpha value is -2.41. The lowest BCUT2D eigenvalue weighted by Crippen LogP contribution is -2.00. The average Bonchev–Trinajstić information content (AvgIpc) is 2.53. The van der Waals surface area contributed by atoms with Gasteiger partial charge in [0.05, 0.1) is 0 Å². The van der Waals surface area contributed by atoms with Gasteiger partial charge >= 0.3 is 0 Å². The summed E-state index contributed by atoms with van der Waals surface area (Å²) in [5.41, 5.74) is 3.72. The molecular formula is C19H18O. The molecule has 0 saturated heterocycles. The zero-order chi connectivity index (χ0) is 14.4. The van der Waals surface area contributed by atoms with Crippen LogP contribution in [0.1, 0.15) is 35.3 Å². The molecule has 0 heterocycles. The van der Waals surface area contributed by atoms with Crippen molar-refractivity contribution in [3.63, 3.8) is 0 Å². The summed E-state index contributed by atoms with van der Waals surface area (Å²) in [5, 5.41) is 0. The fraction of sp³-hybridized carbons (Fsp3) is 0.105. The second-order valence-electron chi connectivity index (χ2n) is 4.52. The van der Waals surface area contributed by atoms with Gasteiger partial charge in [-0.15, -0.1) is 0 Å². The van der Waals surface area contributed by atoms with E-state index >= 15 is 0 Å². The lowest BCUT2D eigenvalue weighted by molar-refractivity contribution is 0.103. The number of hydrogen-bond donors (Lipinski definition) is 0. The normalized spacial score (nSPS) is 11.8. The van der Waals surface area contributed by atoms with Crippen molar-refractivity contribution in [2.24, 2.45) is 0 Å². The maximum Gasteiger partial charge on any atom is 0.193 e. The van der Waals surface area contributed by atoms with Crippen LogP contribution < -0.4 is 0 Å². The van der Waals surface area contributed by atoms with Crippen LogP contribution >= 0.6 is 0 Å². The van der Waals surface area contributed by atoms with Crippen molar-refractivity contribution < 1.29 is 4.79 Å². The number of allylic oxidation sites excluding steroid dienone is 4. The van der Waals surface area contributed by atoms with E-state index in [1.807, 2.05) is 74.5 Å². The highest BCUT2D eigenvalue weighted by Gasteiger charge is 2.08. The van der Waals surface area contributed by atoms with E-state index in [-0.39, 0.29) is 5.78 Å². The van der Waals surface area contributed by atoms with Gasteiger partial charge in [-0.05, 0) is 25.0 Å². The lowest BCUT2D eigenvalue weighted by Gasteiger charge is -2.05. The molecule has 0 spiro atoms. The largest absolute Gasteiger partial charge is 0.289 e. The van der Waals surface area contributed by atoms with E-state index in [2.05, 4.69) is 12.2 Å². The molecule has 0 fully saturated rings. The molecule has 0 unspecified atom stereocenters. The van der Waals surface area contributed by atoms with Crippen LogP contribution in [0.2, 0.25) is 0 Å². The molecule has 0 aliphatic carbocycles. The first-order chi connectivity index (χ1) is 9.76. The van der Waals surface area contributed by atoms with Crippen molar-refractivity contribution in [1.29, 1.82) is 0 Å². The Kier molecular flexibility index (Phi) is 4.67. The zero-order valence-electron chi connectivity index (χ0n) is 11.8. The van der Waals surface area contributed by atoms with Gasteiger partial charge in [0, 0.05) is 11.1 Å². The summed E-state index contributed by atoms with van der Waals surface area (Å²) in [6.07, 6.45) is 6.14. The number of hydrogen-bond acceptors (Lipinski definition) is 1. The highest BCUT2D eigenvalue weighted by molar-refractivity contribution is 6.09. The molecular weight excluding hydrogens is 244 g/mol. The zero-order valence-corrected chi connectivity index (χ0v) is 11.8. The van der Waals surface area contributed by atoms with Gasteiger partial charge in [0.2, 0.25) is 0 Å². The fourth-order valence-electron chi connectivity index (χ4n) is 2.11. The number of carbonyl (C=O) groups excluding carboxylic acids is 1. The summed E-state index contributed by atoms with van der Waals surface area (Å²) in [6, 6.07) is 17.1. The van der Waals surface area contributed by atoms with E-state index in [0.29, 0.717) is 0 Å². The lowest BCUT2D eigenvalue weighted by atomic mass is 9.99. The smallest absolute Gasteiger partial charge is 0.193 e. The van der Waals surface area contributed by atoms with Crippen LogP contribution in [0.3, 0.4) is 0 Å². The minimum absolute atomic E-state index is 0.0604. The summed E-state index contributed by atoms with van der Waals surface area (Å²) in [6.45, 7) is 4.01. The Morgan fingerprint density at radius 2 is 1.35 bits per heavy atom. The fourth-order valence-corrected chi connectivity index (χ4v) is 2.11. The average molecular weight is 262 g/mol. The molecule has 20 heavy (non-hydrogen) atoms. The number of carbonyl (C=O) groups is 1. The van der Waals surface area contributed by atoms with Crippen LogP contribution in [-0.4, -0.2) is 5.78 Å². The second kappa shape index (κ2) is 6.67. The first-order valence-corrected chi connectivity index (χ1v) is 6.75. The molecule has 0 amide bonds. The van der Waals surface area contributed by atoms with E-state index in [1.54, 1.807) is 0 Å². The standard InChI is InChI=1S/C19H18O/c1-3-8-15(4-2)16-11-13-18(14-12-16)19(20)17-9-6-5-7-10-17/h3-14H,1-2H3/b8-3-,15-4+. The second-order valence-corrected chi connectivity index (χ2v) is 4.52. The summed E-state index contributed by atoms with van der Waals surface area (Å²) in [4.78, 5) is 12.3. The predicted molar refractivity (Wildman–Crippen MR) is 84.8 cm³/mol. The van der Waals surface area contributed by atoms with Crippen LogP contribution in [0.15, 0.2) is 72.8 Å². The summed E-state index contributed by atoms with van der Waals surface area (Å²) >= 11 is 0. The highest BCUT2D eigenvalue weighted by atomic mass is 16.1. The highest BCUT2D eigenvalue weighted by Crippen LogP contribution is 2.18. The van der Waals surface area contributed by atoms with Crippen molar-refractivity contribution in [3.05, 3.63) is 89.5 Å². The van der Waals surface area contributed by atoms with Gasteiger partial charge in [-0.1, -0.05) is 72.8 Å². The first-order valence-electron chi connectivity index (χ1n) is 6.75. The van der Waals surface area contributed by atoms with Gasteiger partial charge < -0.3 is 0 Å². The van der Waals surface area contributed by atoms with Gasteiger partial charge in [-0.3, -0.25) is 4.79 Å². The quantitative estimate of drug-likeness (QED) is 0.566. The van der Waals surface area contributed by atoms with Crippen molar-refractivity contribution >= 4 is 11.4 Å². The Bertz CT molecular complexity index is 631. The molecule has 0 atom stereocenters. The molecule has 0 bridgehead atoms. The molecule has 2 aromatic rings. The Labute approximate surface area is 120 Å². The van der Waals surface area contributed by atoms with Crippen LogP contribution in [0.4, 0.5) is 0 Å². The van der Waals surface area contributed by atoms with Crippen molar-refractivity contribution in [1.82, 2.24) is 0 Å². The Morgan fingerprint density at radius 1 is 0.800 bits per heavy atom. The maximum absolute atomic E-state index is 12.3. The van der Waals surface area contributed by atoms with E-state index in [4.69, 9.17) is 0 Å². The van der Waals surface area contributed by atoms with Gasteiger partial charge in [-0.25, -0.2) is 0 Å². The molecule has 2 aromatic carbocycles. The number of rotatable bonds is 4. The van der Waals surface area contributed by atoms with E-state index < -0.39 is 0 Å². The molecule has 0 aliphatic heterocycles. The first kappa shape index (κ1) is 14.0. The van der Waals surface area contributed by atoms with Crippen molar-refractivity contribution in [2.45, 2.75) is 13.8 Å². The van der Waals surface area contributed by atoms with Crippen LogP contribution in [0.5, 0.6) is 0 Å². The van der Waals surface area contributed by atoms with E-state index in [1.165, 1.54) is 0 Å². The molecule has 0 radical (unpaired) electrons. The van der Waals surface area contributed by atoms with Crippen LogP contribution in [0, 0.1) is 0 Å².